The number of hydrogen-bond donors (Lipinski definition) is 1. The van der Waals surface area contributed by atoms with Crippen LogP contribution in [0.15, 0.2) is 4.52 Å². The SMILES string of the molecule is CCC1CCC(c2noc([C@@H](N)C(C)(C)C)n2)C1. The second-order valence-electron chi connectivity index (χ2n) is 6.62. The van der Waals surface area contributed by atoms with Gasteiger partial charge in [-0.05, 0) is 30.6 Å². The smallest absolute Gasteiger partial charge is 0.244 e. The predicted molar refractivity (Wildman–Crippen MR) is 71.1 cm³/mol. The largest absolute Gasteiger partial charge is 0.338 e. The highest BCUT2D eigenvalue weighted by Gasteiger charge is 2.31. The lowest BCUT2D eigenvalue weighted by Crippen LogP contribution is -2.26. The number of aromatic nitrogens is 2. The van der Waals surface area contributed by atoms with Gasteiger partial charge in [0.2, 0.25) is 5.89 Å². The maximum absolute atomic E-state index is 6.14. The molecule has 1 aromatic rings. The van der Waals surface area contributed by atoms with E-state index in [1.165, 1.54) is 25.7 Å². The second-order valence-corrected chi connectivity index (χ2v) is 6.62. The van der Waals surface area contributed by atoms with Crippen LogP contribution in [0.5, 0.6) is 0 Å². The molecule has 1 aliphatic carbocycles. The molecule has 1 fully saturated rings. The van der Waals surface area contributed by atoms with Crippen molar-refractivity contribution in [3.63, 3.8) is 0 Å². The topological polar surface area (TPSA) is 64.9 Å². The Labute approximate surface area is 109 Å². The molecule has 4 heteroatoms. The van der Waals surface area contributed by atoms with Gasteiger partial charge in [0.1, 0.15) is 0 Å². The highest BCUT2D eigenvalue weighted by molar-refractivity contribution is 5.03. The zero-order valence-electron chi connectivity index (χ0n) is 11.9. The van der Waals surface area contributed by atoms with Crippen molar-refractivity contribution in [3.05, 3.63) is 11.7 Å². The molecule has 1 heterocycles. The summed E-state index contributed by atoms with van der Waals surface area (Å²) in [5.41, 5.74) is 6.09. The molecule has 0 amide bonds. The predicted octanol–water partition coefficient (Wildman–Crippen LogP) is 3.41. The summed E-state index contributed by atoms with van der Waals surface area (Å²) < 4.78 is 5.35. The van der Waals surface area contributed by atoms with Crippen LogP contribution < -0.4 is 5.73 Å². The highest BCUT2D eigenvalue weighted by Crippen LogP contribution is 2.39. The molecule has 2 N–H and O–H groups in total. The Bertz CT molecular complexity index is 394. The fourth-order valence-corrected chi connectivity index (χ4v) is 2.59. The van der Waals surface area contributed by atoms with Crippen LogP contribution in [0.3, 0.4) is 0 Å². The molecule has 102 valence electrons. The van der Waals surface area contributed by atoms with E-state index in [1.807, 2.05) is 0 Å². The number of hydrogen-bond acceptors (Lipinski definition) is 4. The van der Waals surface area contributed by atoms with Gasteiger partial charge in [0.05, 0.1) is 6.04 Å². The third-order valence-electron chi connectivity index (χ3n) is 4.14. The average molecular weight is 251 g/mol. The van der Waals surface area contributed by atoms with E-state index in [2.05, 4.69) is 37.8 Å². The quantitative estimate of drug-likeness (QED) is 0.894. The highest BCUT2D eigenvalue weighted by atomic mass is 16.5. The van der Waals surface area contributed by atoms with Crippen molar-refractivity contribution >= 4 is 0 Å². The number of rotatable bonds is 3. The van der Waals surface area contributed by atoms with Crippen molar-refractivity contribution in [2.45, 2.75) is 65.3 Å². The summed E-state index contributed by atoms with van der Waals surface area (Å²) in [4.78, 5) is 4.52. The van der Waals surface area contributed by atoms with Crippen LogP contribution in [0.25, 0.3) is 0 Å². The second kappa shape index (κ2) is 5.00. The van der Waals surface area contributed by atoms with Crippen LogP contribution >= 0.6 is 0 Å². The summed E-state index contributed by atoms with van der Waals surface area (Å²) >= 11 is 0. The van der Waals surface area contributed by atoms with E-state index in [-0.39, 0.29) is 11.5 Å². The van der Waals surface area contributed by atoms with Crippen molar-refractivity contribution < 1.29 is 4.52 Å². The number of nitrogens with two attached hydrogens (primary N) is 1. The summed E-state index contributed by atoms with van der Waals surface area (Å²) in [7, 11) is 0. The lowest BCUT2D eigenvalue weighted by Gasteiger charge is -2.23. The minimum absolute atomic E-state index is 0.0502. The molecular weight excluding hydrogens is 226 g/mol. The van der Waals surface area contributed by atoms with Gasteiger partial charge in [0.15, 0.2) is 5.82 Å². The lowest BCUT2D eigenvalue weighted by molar-refractivity contribution is 0.252. The molecule has 0 spiro atoms. The molecule has 18 heavy (non-hydrogen) atoms. The summed E-state index contributed by atoms with van der Waals surface area (Å²) in [5, 5.41) is 4.14. The maximum atomic E-state index is 6.14. The molecule has 0 aliphatic heterocycles. The molecule has 1 aliphatic rings. The summed E-state index contributed by atoms with van der Waals surface area (Å²) in [6, 6.07) is -0.192. The van der Waals surface area contributed by atoms with Crippen LogP contribution in [0, 0.1) is 11.3 Å². The summed E-state index contributed by atoms with van der Waals surface area (Å²) in [6.45, 7) is 8.52. The fraction of sp³-hybridized carbons (Fsp3) is 0.857. The van der Waals surface area contributed by atoms with Crippen molar-refractivity contribution in [3.8, 4) is 0 Å². The molecule has 4 nitrogen and oxygen atoms in total. The van der Waals surface area contributed by atoms with Crippen molar-refractivity contribution in [1.82, 2.24) is 10.1 Å². The van der Waals surface area contributed by atoms with Crippen LogP contribution in [-0.4, -0.2) is 10.1 Å². The molecule has 3 atom stereocenters. The van der Waals surface area contributed by atoms with Crippen LogP contribution in [0.4, 0.5) is 0 Å². The van der Waals surface area contributed by atoms with Crippen LogP contribution in [0.2, 0.25) is 0 Å². The molecule has 0 bridgehead atoms. The Balaban J connectivity index is 2.07. The lowest BCUT2D eigenvalue weighted by atomic mass is 9.87. The van der Waals surface area contributed by atoms with Crippen molar-refractivity contribution in [2.24, 2.45) is 17.1 Å². The zero-order valence-corrected chi connectivity index (χ0v) is 11.9. The van der Waals surface area contributed by atoms with E-state index < -0.39 is 0 Å². The van der Waals surface area contributed by atoms with Gasteiger partial charge >= 0.3 is 0 Å². The van der Waals surface area contributed by atoms with Gasteiger partial charge in [-0.1, -0.05) is 39.3 Å². The zero-order chi connectivity index (χ0) is 13.3. The van der Waals surface area contributed by atoms with Gasteiger partial charge in [-0.25, -0.2) is 0 Å². The minimum atomic E-state index is -0.192. The van der Waals surface area contributed by atoms with Gasteiger partial charge in [-0.2, -0.15) is 4.98 Å². The standard InChI is InChI=1S/C14H25N3O/c1-5-9-6-7-10(8-9)12-16-13(18-17-12)11(15)14(2,3)4/h9-11H,5-8,15H2,1-4H3/t9?,10?,11-/m1/s1. The molecule has 0 aromatic carbocycles. The van der Waals surface area contributed by atoms with E-state index in [0.717, 1.165) is 11.7 Å². The molecule has 2 unspecified atom stereocenters. The summed E-state index contributed by atoms with van der Waals surface area (Å²) in [6.07, 6.45) is 4.92. The first-order valence-corrected chi connectivity index (χ1v) is 7.01. The van der Waals surface area contributed by atoms with Crippen LogP contribution in [0.1, 0.15) is 77.1 Å². The Morgan fingerprint density at radius 1 is 1.39 bits per heavy atom. The minimum Gasteiger partial charge on any atom is -0.338 e. The molecule has 0 radical (unpaired) electrons. The third kappa shape index (κ3) is 2.74. The molecule has 1 aromatic heterocycles. The first kappa shape index (κ1) is 13.5. The maximum Gasteiger partial charge on any atom is 0.244 e. The van der Waals surface area contributed by atoms with E-state index in [9.17, 15) is 0 Å². The van der Waals surface area contributed by atoms with Crippen molar-refractivity contribution in [1.29, 1.82) is 0 Å². The van der Waals surface area contributed by atoms with E-state index in [1.54, 1.807) is 0 Å². The van der Waals surface area contributed by atoms with Crippen molar-refractivity contribution in [2.75, 3.05) is 0 Å². The Hall–Kier alpha value is -0.900. The van der Waals surface area contributed by atoms with Gasteiger partial charge < -0.3 is 10.3 Å². The first-order valence-electron chi connectivity index (χ1n) is 7.01. The molecular formula is C14H25N3O. The Kier molecular flexibility index (Phi) is 3.76. The van der Waals surface area contributed by atoms with E-state index in [4.69, 9.17) is 10.3 Å². The van der Waals surface area contributed by atoms with E-state index in [0.29, 0.717) is 11.8 Å². The van der Waals surface area contributed by atoms with Gasteiger partial charge in [-0.15, -0.1) is 0 Å². The first-order chi connectivity index (χ1) is 8.41. The summed E-state index contributed by atoms with van der Waals surface area (Å²) in [5.74, 6) is 2.74. The van der Waals surface area contributed by atoms with Gasteiger partial charge in [0.25, 0.3) is 0 Å². The van der Waals surface area contributed by atoms with E-state index >= 15 is 0 Å². The molecule has 0 saturated heterocycles. The van der Waals surface area contributed by atoms with Crippen LogP contribution in [-0.2, 0) is 0 Å². The Morgan fingerprint density at radius 3 is 2.67 bits per heavy atom. The normalized spacial score (nSPS) is 26.5. The third-order valence-corrected chi connectivity index (χ3v) is 4.14. The number of nitrogens with zero attached hydrogens (tertiary/aromatic N) is 2. The molecule has 2 rings (SSSR count). The average Bonchev–Trinajstić information content (AvgIpc) is 2.95. The monoisotopic (exact) mass is 251 g/mol. The fourth-order valence-electron chi connectivity index (χ4n) is 2.59. The molecule has 1 saturated carbocycles. The Morgan fingerprint density at radius 2 is 2.11 bits per heavy atom. The van der Waals surface area contributed by atoms with Gasteiger partial charge in [0, 0.05) is 5.92 Å². The van der Waals surface area contributed by atoms with Gasteiger partial charge in [-0.3, -0.25) is 0 Å².